The van der Waals surface area contributed by atoms with Crippen LogP contribution in [0.4, 0.5) is 0 Å². The zero-order chi connectivity index (χ0) is 5.54. The van der Waals surface area contributed by atoms with Crippen LogP contribution in [0.15, 0.2) is 0 Å². The van der Waals surface area contributed by atoms with Gasteiger partial charge in [-0.1, -0.05) is 0 Å². The summed E-state index contributed by atoms with van der Waals surface area (Å²) in [5.41, 5.74) is 0. The van der Waals surface area contributed by atoms with Gasteiger partial charge in [0.25, 0.3) is 0 Å². The van der Waals surface area contributed by atoms with Crippen LogP contribution in [0, 0.1) is 23.0 Å². The van der Waals surface area contributed by atoms with E-state index in [1.165, 1.54) is 12.5 Å². The first-order valence-electron chi connectivity index (χ1n) is 1.19. The van der Waals surface area contributed by atoms with E-state index in [0.717, 1.165) is 0 Å². The topological polar surface area (TPSA) is 66.0 Å². The monoisotopic (exact) mass is 140 g/mol. The average Bonchev–Trinajstić information content (AvgIpc) is 1.69. The van der Waals surface area contributed by atoms with Crippen molar-refractivity contribution in [2.24, 2.45) is 0 Å². The molecular formula is C2HN2NaO2S. The molecule has 0 aliphatic carbocycles. The van der Waals surface area contributed by atoms with Crippen molar-refractivity contribution in [3.05, 3.63) is 0 Å². The molecule has 38 valence electrons. The number of nitrogens with zero attached hydrogens (tertiary/aromatic N) is 2. The molecule has 0 fully saturated rings. The van der Waals surface area contributed by atoms with Gasteiger partial charge < -0.3 is 9.79 Å². The van der Waals surface area contributed by atoms with Gasteiger partial charge in [-0.3, -0.25) is 0 Å². The van der Waals surface area contributed by atoms with Crippen molar-refractivity contribution in [3.8, 4) is 12.5 Å². The van der Waals surface area contributed by atoms with Crippen molar-refractivity contribution in [1.82, 2.24) is 0 Å². The maximum absolute atomic E-state index is 7.61. The van der Waals surface area contributed by atoms with E-state index in [1.54, 1.807) is 0 Å². The molecule has 0 rings (SSSR count). The third-order valence-electron chi connectivity index (χ3n) is 0.143. The van der Waals surface area contributed by atoms with Crippen molar-refractivity contribution < 1.29 is 39.4 Å². The number of hydrogen-bond acceptors (Lipinski definition) is 5. The van der Waals surface area contributed by atoms with Crippen LogP contribution in [0.2, 0.25) is 0 Å². The van der Waals surface area contributed by atoms with Crippen molar-refractivity contribution in [1.29, 1.82) is 10.5 Å². The second-order valence-corrected chi connectivity index (χ2v) is 0.887. The third-order valence-corrected chi connectivity index (χ3v) is 0.428. The van der Waals surface area contributed by atoms with Gasteiger partial charge in [0.15, 0.2) is 0 Å². The number of rotatable bonds is 2. The van der Waals surface area contributed by atoms with Crippen LogP contribution in [0.25, 0.3) is 0 Å². The Bertz CT molecular complexity index is 107. The summed E-state index contributed by atoms with van der Waals surface area (Å²) in [6.07, 6.45) is 2.58. The molecule has 8 heavy (non-hydrogen) atoms. The molecule has 6 heteroatoms. The van der Waals surface area contributed by atoms with Gasteiger partial charge in [0, 0.05) is 0 Å². The minimum Gasteiger partial charge on any atom is -1.00 e. The summed E-state index contributed by atoms with van der Waals surface area (Å²) in [7, 11) is 0. The summed E-state index contributed by atoms with van der Waals surface area (Å²) in [5.74, 6) is 0. The van der Waals surface area contributed by atoms with Crippen LogP contribution in [-0.4, -0.2) is 0 Å². The van der Waals surface area contributed by atoms with Gasteiger partial charge in [-0.2, -0.15) is 0 Å². The van der Waals surface area contributed by atoms with Crippen molar-refractivity contribution >= 4 is 12.3 Å². The van der Waals surface area contributed by atoms with Crippen molar-refractivity contribution in [3.63, 3.8) is 0 Å². The van der Waals surface area contributed by atoms with E-state index in [1.807, 2.05) is 0 Å². The second kappa shape index (κ2) is 10.0. The zero-order valence-electron chi connectivity index (χ0n) is 5.12. The first kappa shape index (κ1) is 10.8. The molecule has 0 heterocycles. The fourth-order valence-corrected chi connectivity index (χ4v) is 0.142. The van der Waals surface area contributed by atoms with E-state index in [2.05, 4.69) is 8.37 Å². The summed E-state index contributed by atoms with van der Waals surface area (Å²) in [6, 6.07) is 0. The molecule has 0 aromatic carbocycles. The fourth-order valence-electron chi connectivity index (χ4n) is 0.0474. The third kappa shape index (κ3) is 9.33. The van der Waals surface area contributed by atoms with Crippen LogP contribution in [0.5, 0.6) is 0 Å². The quantitative estimate of drug-likeness (QED) is 0.186. The van der Waals surface area contributed by atoms with Crippen LogP contribution >= 0.6 is 12.3 Å². The summed E-state index contributed by atoms with van der Waals surface area (Å²) in [5, 5.41) is 15.2. The van der Waals surface area contributed by atoms with Gasteiger partial charge in [-0.15, -0.1) is 10.5 Å². The SMILES string of the molecule is N#COSOC#N.[H-].[Na+]. The van der Waals surface area contributed by atoms with Gasteiger partial charge in [0.1, 0.15) is 0 Å². The first-order chi connectivity index (χ1) is 3.41. The van der Waals surface area contributed by atoms with Crippen LogP contribution in [0.3, 0.4) is 0 Å². The fraction of sp³-hybridized carbons (Fsp3) is 0. The normalized spacial score (nSPS) is 4.75. The zero-order valence-corrected chi connectivity index (χ0v) is 6.94. The maximum atomic E-state index is 7.61. The summed E-state index contributed by atoms with van der Waals surface area (Å²) in [4.78, 5) is 0. The summed E-state index contributed by atoms with van der Waals surface area (Å²) in [6.45, 7) is 0. The van der Waals surface area contributed by atoms with E-state index in [9.17, 15) is 0 Å². The van der Waals surface area contributed by atoms with Crippen LogP contribution in [0.1, 0.15) is 1.43 Å². The van der Waals surface area contributed by atoms with Crippen LogP contribution in [-0.2, 0) is 8.37 Å². The Morgan fingerprint density at radius 3 is 1.88 bits per heavy atom. The summed E-state index contributed by atoms with van der Waals surface area (Å²) < 4.78 is 7.70. The molecular weight excluding hydrogens is 139 g/mol. The molecule has 0 bridgehead atoms. The van der Waals surface area contributed by atoms with E-state index in [0.29, 0.717) is 12.3 Å². The maximum Gasteiger partial charge on any atom is 1.00 e. The molecule has 0 aliphatic heterocycles. The predicted molar refractivity (Wildman–Crippen MR) is 22.1 cm³/mol. The molecule has 0 unspecified atom stereocenters. The van der Waals surface area contributed by atoms with Crippen molar-refractivity contribution in [2.45, 2.75) is 0 Å². The van der Waals surface area contributed by atoms with Crippen LogP contribution < -0.4 is 29.6 Å². The van der Waals surface area contributed by atoms with E-state index >= 15 is 0 Å². The standard InChI is InChI=1S/C2N2O2S.Na.H/c3-1-5-7-6-2-4;;/q;+1;-1. The minimum atomic E-state index is 0. The Morgan fingerprint density at radius 2 is 1.62 bits per heavy atom. The Morgan fingerprint density at radius 1 is 1.25 bits per heavy atom. The average molecular weight is 140 g/mol. The Kier molecular flexibility index (Phi) is 13.6. The molecule has 0 aliphatic rings. The van der Waals surface area contributed by atoms with E-state index in [4.69, 9.17) is 10.5 Å². The minimum absolute atomic E-state index is 0. The predicted octanol–water partition coefficient (Wildman–Crippen LogP) is -2.34. The van der Waals surface area contributed by atoms with Gasteiger partial charge in [-0.25, -0.2) is 0 Å². The second-order valence-electron chi connectivity index (χ2n) is 0.417. The molecule has 0 atom stereocenters. The number of hydrogen-bond donors (Lipinski definition) is 0. The molecule has 4 nitrogen and oxygen atoms in total. The van der Waals surface area contributed by atoms with Gasteiger partial charge in [0.05, 0.1) is 0 Å². The van der Waals surface area contributed by atoms with Gasteiger partial charge >= 0.3 is 54.4 Å². The molecule has 0 N–H and O–H groups in total. The number of nitriles is 2. The van der Waals surface area contributed by atoms with Gasteiger partial charge in [-0.05, 0) is 0 Å². The Hall–Kier alpha value is -0.0700. The Labute approximate surface area is 74.6 Å². The van der Waals surface area contributed by atoms with E-state index < -0.39 is 0 Å². The molecule has 0 aromatic rings. The molecule has 0 aromatic heterocycles. The largest absolute Gasteiger partial charge is 1.00 e. The molecule has 0 amide bonds. The molecule has 0 radical (unpaired) electrons. The summed E-state index contributed by atoms with van der Waals surface area (Å²) >= 11 is 0.331. The molecule has 0 saturated heterocycles. The molecule has 0 spiro atoms. The first-order valence-corrected chi connectivity index (χ1v) is 1.86. The smallest absolute Gasteiger partial charge is 1.00 e. The van der Waals surface area contributed by atoms with Crippen molar-refractivity contribution in [2.75, 3.05) is 0 Å². The van der Waals surface area contributed by atoms with E-state index in [-0.39, 0.29) is 31.0 Å². The molecule has 0 saturated carbocycles. The Balaban J connectivity index is -0.000000180. The van der Waals surface area contributed by atoms with Gasteiger partial charge in [0.2, 0.25) is 0 Å².